The van der Waals surface area contributed by atoms with E-state index >= 15 is 0 Å². The topological polar surface area (TPSA) is 162 Å². The minimum atomic E-state index is 0.0667. The summed E-state index contributed by atoms with van der Waals surface area (Å²) in [5.41, 5.74) is 42.9. The lowest BCUT2D eigenvalue weighted by Crippen LogP contribution is -2.20. The molecule has 0 saturated carbocycles. The summed E-state index contributed by atoms with van der Waals surface area (Å²) < 4.78 is 3.58. The van der Waals surface area contributed by atoms with Gasteiger partial charge in [-0.25, -0.2) is 0 Å². The van der Waals surface area contributed by atoms with Crippen LogP contribution in [0.5, 0.6) is 0 Å². The molecule has 0 bridgehead atoms. The van der Waals surface area contributed by atoms with Gasteiger partial charge in [-0.3, -0.25) is 43.3 Å². The number of carbonyl (C=O) groups excluding carboxylic acids is 5. The van der Waals surface area contributed by atoms with Gasteiger partial charge in [0.25, 0.3) is 0 Å². The third-order valence-corrected chi connectivity index (χ3v) is 24.9. The molecule has 0 atom stereocenters. The van der Waals surface area contributed by atoms with Crippen LogP contribution in [0.1, 0.15) is 160 Å². The SMILES string of the molecule is CC1=NCC(C)=C1C1=C2C=C(N(C)C)C=C2c2ccccc2C1=O.CCN(CC)C1=CC2=C(C3=C(C)CN=C3C)C(=O)c3ccccc3C2=C1.CN(C)C1=CC2=C(c3cnn(C)c3)C(=O)c3ccccc3C2=C1.Cc1ccc(C2=C3C=C(N(C)C)C=C3c3ccccc3C2=O)c(C)c1.Cc1nn(C)c(C)c1C1=C2C=C(N(C)C)C=C2c2ccccc2C1=O. The van der Waals surface area contributed by atoms with Crippen molar-refractivity contribution < 1.29 is 24.0 Å². The Labute approximate surface area is 721 Å². The van der Waals surface area contributed by atoms with E-state index < -0.39 is 0 Å². The highest BCUT2D eigenvalue weighted by Crippen LogP contribution is 2.51. The van der Waals surface area contributed by atoms with Crippen LogP contribution < -0.4 is 0 Å². The Morgan fingerprint density at radius 1 is 0.350 bits per heavy atom. The van der Waals surface area contributed by atoms with Crippen LogP contribution in [0.3, 0.4) is 0 Å². The van der Waals surface area contributed by atoms with Gasteiger partial charge < -0.3 is 24.5 Å². The first-order valence-corrected chi connectivity index (χ1v) is 42.0. The number of rotatable bonds is 12. The second kappa shape index (κ2) is 32.9. The molecule has 6 aromatic carbocycles. The van der Waals surface area contributed by atoms with Crippen LogP contribution in [0.25, 0.3) is 44.6 Å². The van der Waals surface area contributed by atoms with Crippen molar-refractivity contribution in [3.8, 4) is 0 Å². The van der Waals surface area contributed by atoms with E-state index in [-0.39, 0.29) is 28.9 Å². The molecule has 16 nitrogen and oxygen atoms in total. The number of hydrogen-bond acceptors (Lipinski definition) is 14. The molecule has 8 aromatic rings. The number of ketones is 5. The zero-order chi connectivity index (χ0) is 87.2. The summed E-state index contributed by atoms with van der Waals surface area (Å²) in [5.74, 6) is 0.497. The Hall–Kier alpha value is -14.0. The molecule has 0 radical (unpaired) electrons. The Morgan fingerprint density at radius 2 is 0.667 bits per heavy atom. The van der Waals surface area contributed by atoms with Gasteiger partial charge in [-0.2, -0.15) is 10.2 Å². The van der Waals surface area contributed by atoms with Crippen LogP contribution in [-0.4, -0.2) is 167 Å². The highest BCUT2D eigenvalue weighted by Gasteiger charge is 2.41. The molecular formula is C107H103N11O5. The van der Waals surface area contributed by atoms with Crippen LogP contribution >= 0.6 is 0 Å². The number of Topliss-reactive ketones (excluding diaryl/α,β-unsaturated/α-hetero) is 5. The molecule has 4 heterocycles. The number of aryl methyl sites for hydroxylation is 5. The maximum Gasteiger partial charge on any atom is 0.195 e. The minimum Gasteiger partial charge on any atom is -0.378 e. The first-order chi connectivity index (χ1) is 59.0. The summed E-state index contributed by atoms with van der Waals surface area (Å²) in [6.45, 7) is 24.0. The van der Waals surface area contributed by atoms with Crippen molar-refractivity contribution in [3.63, 3.8) is 0 Å². The summed E-state index contributed by atoms with van der Waals surface area (Å²) in [7, 11) is 20.0. The van der Waals surface area contributed by atoms with Crippen molar-refractivity contribution in [2.24, 2.45) is 24.1 Å². The molecule has 2 aromatic heterocycles. The Kier molecular flexibility index (Phi) is 22.1. The molecule has 2 aliphatic heterocycles. The van der Waals surface area contributed by atoms with E-state index in [0.717, 1.165) is 231 Å². The van der Waals surface area contributed by atoms with E-state index in [1.54, 1.807) is 10.9 Å². The Balaban J connectivity index is 0.000000114. The van der Waals surface area contributed by atoms with E-state index in [4.69, 9.17) is 0 Å². The van der Waals surface area contributed by atoms with Gasteiger partial charge in [-0.15, -0.1) is 0 Å². The molecule has 16 heteroatoms. The number of allylic oxidation sites excluding steroid dienone is 27. The normalized spacial score (nSPS) is 17.1. The number of carbonyl (C=O) groups is 5. The van der Waals surface area contributed by atoms with Crippen molar-refractivity contribution in [3.05, 3.63) is 397 Å². The number of aromatic nitrogens is 4. The van der Waals surface area contributed by atoms with Crippen molar-refractivity contribution >= 4 is 84.9 Å². The highest BCUT2D eigenvalue weighted by molar-refractivity contribution is 6.39. The largest absolute Gasteiger partial charge is 0.378 e. The first-order valence-electron chi connectivity index (χ1n) is 42.0. The van der Waals surface area contributed by atoms with Crippen LogP contribution in [-0.2, 0) is 14.1 Å². The fourth-order valence-electron chi connectivity index (χ4n) is 18.6. The zero-order valence-electron chi connectivity index (χ0n) is 74.0. The molecule has 0 saturated heterocycles. The number of hydrogen-bond donors (Lipinski definition) is 0. The molecule has 20 rings (SSSR count). The molecule has 0 unspecified atom stereocenters. The highest BCUT2D eigenvalue weighted by atomic mass is 16.1. The molecule has 616 valence electrons. The van der Waals surface area contributed by atoms with E-state index in [9.17, 15) is 24.0 Å². The fraction of sp³-hybridized carbons (Fsp3) is 0.224. The average Bonchev–Trinajstić information content (AvgIpc) is 1.70. The van der Waals surface area contributed by atoms with Crippen LogP contribution in [0, 0.1) is 27.7 Å². The third-order valence-electron chi connectivity index (χ3n) is 24.9. The van der Waals surface area contributed by atoms with Gasteiger partial charge in [0.05, 0.1) is 25.0 Å². The number of fused-ring (bicyclic) bond motifs is 15. The molecule has 0 amide bonds. The lowest BCUT2D eigenvalue weighted by atomic mass is 9.78. The van der Waals surface area contributed by atoms with Gasteiger partial charge in [0.15, 0.2) is 28.9 Å². The molecule has 0 N–H and O–H groups in total. The van der Waals surface area contributed by atoms with Gasteiger partial charge in [-0.05, 0) is 236 Å². The second-order valence-electron chi connectivity index (χ2n) is 33.7. The monoisotopic (exact) mass is 1620 g/mol. The summed E-state index contributed by atoms with van der Waals surface area (Å²) in [6, 6.07) is 45.8. The summed E-state index contributed by atoms with van der Waals surface area (Å²) >= 11 is 0. The predicted octanol–water partition coefficient (Wildman–Crippen LogP) is 19.6. The number of likely N-dealkylation sites (N-methyl/N-ethyl adjacent to an activating group) is 5. The van der Waals surface area contributed by atoms with Gasteiger partial charge >= 0.3 is 0 Å². The van der Waals surface area contributed by atoms with Crippen LogP contribution in [0.15, 0.2) is 312 Å². The maximum atomic E-state index is 13.4. The van der Waals surface area contributed by atoms with Gasteiger partial charge in [0.1, 0.15) is 0 Å². The van der Waals surface area contributed by atoms with Gasteiger partial charge in [0, 0.05) is 213 Å². The van der Waals surface area contributed by atoms with Crippen molar-refractivity contribution in [2.75, 3.05) is 82.6 Å². The predicted molar refractivity (Wildman–Crippen MR) is 500 cm³/mol. The molecule has 0 spiro atoms. The molecule has 123 heavy (non-hydrogen) atoms. The van der Waals surface area contributed by atoms with Gasteiger partial charge in [0.2, 0.25) is 0 Å². The summed E-state index contributed by atoms with van der Waals surface area (Å²) in [4.78, 5) is 86.3. The summed E-state index contributed by atoms with van der Waals surface area (Å²) in [6.07, 6.45) is 25.2. The number of nitrogens with zero attached hydrogens (tertiary/aromatic N) is 11. The van der Waals surface area contributed by atoms with E-state index in [2.05, 4.69) is 171 Å². The maximum absolute atomic E-state index is 13.4. The molecule has 10 aliphatic carbocycles. The average molecular weight is 1620 g/mol. The van der Waals surface area contributed by atoms with Crippen molar-refractivity contribution in [1.29, 1.82) is 0 Å². The first kappa shape index (κ1) is 82.7. The molecule has 12 aliphatic rings. The lowest BCUT2D eigenvalue weighted by Gasteiger charge is -2.22. The standard InChI is InChI=1S/C23H24N2O.C23H21NO.C21H21N3O.C21H20N2O.C19H17N3O/c1-5-25(6-2)16-11-19-17-9-7-8-10-18(17)23(26)22(20(19)12-16)21-14(3)13-24-15(21)4;1-14-9-10-17(15(2)11-14)22-21-13-16(24(3)4)12-20(21)18-7-5-6-8-19(18)23(22)25;1-12-19(13(2)24(5)22-12)20-18-11-14(23(3)4)10-17(18)15-8-6-7-9-16(15)21(20)25;1-12-11-22-13(2)19(12)20-18-10-14(23(3)4)9-17(18)15-7-5-6-8-16(15)21(20)24;1-21(2)13-8-16-14-6-4-5-7-15(14)19(23)18(17(16)9-13)12-10-20-22(3)11-12/h7-12H,5-6,13H2,1-4H3;5-13H,1-4H3;6-11H,1-5H3;5-10H,11H2,1-4H3;4-11H,1-3H3. The van der Waals surface area contributed by atoms with Crippen LogP contribution in [0.4, 0.5) is 0 Å². The second-order valence-corrected chi connectivity index (χ2v) is 33.7. The van der Waals surface area contributed by atoms with Crippen LogP contribution in [0.2, 0.25) is 0 Å². The zero-order valence-corrected chi connectivity index (χ0v) is 74.0. The van der Waals surface area contributed by atoms with Gasteiger partial charge in [-0.1, -0.05) is 145 Å². The van der Waals surface area contributed by atoms with E-state index in [1.165, 1.54) is 22.4 Å². The third kappa shape index (κ3) is 14.5. The van der Waals surface area contributed by atoms with E-state index in [0.29, 0.717) is 13.1 Å². The smallest absolute Gasteiger partial charge is 0.195 e. The Bertz CT molecular complexity index is 6700. The number of aliphatic imine (C=N–C) groups is 2. The fourth-order valence-corrected chi connectivity index (χ4v) is 18.6. The van der Waals surface area contributed by atoms with Crippen molar-refractivity contribution in [1.82, 2.24) is 44.1 Å². The quantitative estimate of drug-likeness (QED) is 0.114. The molecule has 0 fully saturated rings. The number of benzene rings is 6. The summed E-state index contributed by atoms with van der Waals surface area (Å²) in [5, 5.41) is 8.75. The lowest BCUT2D eigenvalue weighted by molar-refractivity contribution is 0.102. The van der Waals surface area contributed by atoms with E-state index in [1.807, 2.05) is 224 Å². The Morgan fingerprint density at radius 3 is 0.984 bits per heavy atom. The minimum absolute atomic E-state index is 0.0667. The molecular weight excluding hydrogens is 1520 g/mol. The van der Waals surface area contributed by atoms with Crippen molar-refractivity contribution in [2.45, 2.75) is 69.2 Å².